The van der Waals surface area contributed by atoms with Crippen LogP contribution in [0.3, 0.4) is 0 Å². The van der Waals surface area contributed by atoms with Crippen LogP contribution < -0.4 is 4.90 Å². The number of aliphatic hydroxyl groups excluding tert-OH is 1. The molecule has 1 aliphatic rings. The van der Waals surface area contributed by atoms with Crippen LogP contribution in [0.2, 0.25) is 5.02 Å². The Morgan fingerprint density at radius 1 is 1.00 bits per heavy atom. The zero-order chi connectivity index (χ0) is 23.3. The second kappa shape index (κ2) is 7.83. The molecule has 4 aromatic rings. The van der Waals surface area contributed by atoms with Crippen molar-refractivity contribution in [2.75, 3.05) is 4.90 Å². The number of nitrogens with zero attached hydrogens (tertiary/aromatic N) is 1. The molecule has 5 rings (SSSR count). The topological polar surface area (TPSA) is 91.0 Å². The number of aryl methyl sites for hydroxylation is 1. The monoisotopic (exact) mass is 459 g/mol. The van der Waals surface area contributed by atoms with Gasteiger partial charge in [-0.3, -0.25) is 14.5 Å². The molecule has 2 N–H and O–H groups in total. The zero-order valence-electron chi connectivity index (χ0n) is 17.4. The number of ketones is 1. The number of amides is 1. The first kappa shape index (κ1) is 20.8. The number of anilines is 1. The molecule has 7 heteroatoms. The van der Waals surface area contributed by atoms with Crippen LogP contribution >= 0.6 is 11.6 Å². The summed E-state index contributed by atoms with van der Waals surface area (Å²) in [6, 6.07) is 19.0. The van der Waals surface area contributed by atoms with Gasteiger partial charge in [0.2, 0.25) is 5.78 Å². The molecule has 1 unspecified atom stereocenters. The first-order valence-electron chi connectivity index (χ1n) is 10.2. The van der Waals surface area contributed by atoms with Crippen molar-refractivity contribution in [3.63, 3.8) is 0 Å². The molecule has 1 amide bonds. The summed E-state index contributed by atoms with van der Waals surface area (Å²) < 4.78 is 5.72. The lowest BCUT2D eigenvalue weighted by atomic mass is 9.94. The van der Waals surface area contributed by atoms with Crippen LogP contribution in [0.1, 0.15) is 27.7 Å². The number of benzene rings is 3. The molecule has 1 atom stereocenters. The number of carbonyl (C=O) groups is 2. The predicted octanol–water partition coefficient (Wildman–Crippen LogP) is 5.88. The lowest BCUT2D eigenvalue weighted by Crippen LogP contribution is -2.31. The van der Waals surface area contributed by atoms with Gasteiger partial charge in [-0.1, -0.05) is 35.9 Å². The molecule has 1 aromatic heterocycles. The summed E-state index contributed by atoms with van der Waals surface area (Å²) in [6.45, 7) is 1.89. The minimum atomic E-state index is -0.913. The number of hydrogen-bond acceptors (Lipinski definition) is 5. The third-order valence-electron chi connectivity index (χ3n) is 5.64. The summed E-state index contributed by atoms with van der Waals surface area (Å²) in [5.41, 5.74) is 2.36. The van der Waals surface area contributed by atoms with Crippen molar-refractivity contribution >= 4 is 39.9 Å². The van der Waals surface area contributed by atoms with E-state index in [1.165, 1.54) is 23.1 Å². The highest BCUT2D eigenvalue weighted by Crippen LogP contribution is 2.42. The fourth-order valence-electron chi connectivity index (χ4n) is 4.11. The molecular weight excluding hydrogens is 442 g/mol. The minimum Gasteiger partial charge on any atom is -0.508 e. The van der Waals surface area contributed by atoms with Crippen molar-refractivity contribution in [3.05, 3.63) is 106 Å². The number of Topliss-reactive ketones (excluding diaryl/α,β-unsaturated/α-hetero) is 1. The van der Waals surface area contributed by atoms with Crippen molar-refractivity contribution in [2.45, 2.75) is 13.0 Å². The molecule has 0 spiro atoms. The smallest absolute Gasteiger partial charge is 0.294 e. The van der Waals surface area contributed by atoms with E-state index in [9.17, 15) is 19.8 Å². The van der Waals surface area contributed by atoms with E-state index >= 15 is 0 Å². The summed E-state index contributed by atoms with van der Waals surface area (Å²) >= 11 is 6.04. The Labute approximate surface area is 193 Å². The molecule has 2 heterocycles. The van der Waals surface area contributed by atoms with Crippen LogP contribution in [0.5, 0.6) is 5.75 Å². The average molecular weight is 460 g/mol. The first-order chi connectivity index (χ1) is 15.8. The van der Waals surface area contributed by atoms with Gasteiger partial charge in [0.05, 0.1) is 11.6 Å². The standard InChI is InChI=1S/C26H18ClNO5/c1-14-3-2-4-18(11-14)28-23(15-5-8-19(29)9-6-15)22(25(31)26(28)32)24(30)21-13-16-12-17(27)7-10-20(16)33-21/h2-13,23,29,31H,1H3. The van der Waals surface area contributed by atoms with Gasteiger partial charge >= 0.3 is 0 Å². The summed E-state index contributed by atoms with van der Waals surface area (Å²) in [6.07, 6.45) is 0. The molecule has 164 valence electrons. The van der Waals surface area contributed by atoms with Crippen molar-refractivity contribution < 1.29 is 24.2 Å². The summed E-state index contributed by atoms with van der Waals surface area (Å²) in [7, 11) is 0. The first-order valence-corrected chi connectivity index (χ1v) is 10.6. The highest BCUT2D eigenvalue weighted by atomic mass is 35.5. The number of aliphatic hydroxyl groups is 1. The van der Waals surface area contributed by atoms with E-state index in [-0.39, 0.29) is 17.1 Å². The maximum atomic E-state index is 13.6. The van der Waals surface area contributed by atoms with E-state index in [0.717, 1.165) is 5.56 Å². The number of aromatic hydroxyl groups is 1. The summed E-state index contributed by atoms with van der Waals surface area (Å²) in [5, 5.41) is 21.7. The van der Waals surface area contributed by atoms with E-state index in [4.69, 9.17) is 16.0 Å². The molecule has 1 aliphatic heterocycles. The van der Waals surface area contributed by atoms with E-state index in [1.807, 2.05) is 13.0 Å². The van der Waals surface area contributed by atoms with Gasteiger partial charge in [-0.25, -0.2) is 0 Å². The SMILES string of the molecule is Cc1cccc(N2C(=O)C(O)=C(C(=O)c3cc4cc(Cl)ccc4o3)C2c2ccc(O)cc2)c1. The number of rotatable bonds is 4. The van der Waals surface area contributed by atoms with Crippen molar-refractivity contribution in [3.8, 4) is 5.75 Å². The van der Waals surface area contributed by atoms with Gasteiger partial charge in [0.15, 0.2) is 11.5 Å². The number of carbonyl (C=O) groups excluding carboxylic acids is 2. The molecule has 0 fully saturated rings. The van der Waals surface area contributed by atoms with Crippen LogP contribution in [-0.2, 0) is 4.79 Å². The Bertz CT molecular complexity index is 1450. The highest BCUT2D eigenvalue weighted by Gasteiger charge is 2.45. The number of furan rings is 1. The zero-order valence-corrected chi connectivity index (χ0v) is 18.2. The van der Waals surface area contributed by atoms with Crippen molar-refractivity contribution in [1.82, 2.24) is 0 Å². The molecule has 0 saturated carbocycles. The van der Waals surface area contributed by atoms with Gasteiger partial charge in [-0.05, 0) is 66.6 Å². The summed E-state index contributed by atoms with van der Waals surface area (Å²) in [4.78, 5) is 28.2. The number of halogens is 1. The van der Waals surface area contributed by atoms with E-state index in [1.54, 1.807) is 48.5 Å². The van der Waals surface area contributed by atoms with E-state index < -0.39 is 23.5 Å². The molecule has 33 heavy (non-hydrogen) atoms. The van der Waals surface area contributed by atoms with Gasteiger partial charge in [0, 0.05) is 16.1 Å². The second-order valence-electron chi connectivity index (χ2n) is 7.89. The van der Waals surface area contributed by atoms with Crippen LogP contribution in [0, 0.1) is 6.92 Å². The van der Waals surface area contributed by atoms with Crippen LogP contribution in [-0.4, -0.2) is 21.9 Å². The maximum absolute atomic E-state index is 13.6. The lowest BCUT2D eigenvalue weighted by Gasteiger charge is -2.27. The number of phenolic OH excluding ortho intramolecular Hbond substituents is 1. The van der Waals surface area contributed by atoms with Crippen LogP contribution in [0.4, 0.5) is 5.69 Å². The second-order valence-corrected chi connectivity index (χ2v) is 8.33. The van der Waals surface area contributed by atoms with Gasteiger partial charge in [-0.15, -0.1) is 0 Å². The van der Waals surface area contributed by atoms with Gasteiger partial charge in [0.25, 0.3) is 5.91 Å². The normalized spacial score (nSPS) is 16.1. The number of hydrogen-bond donors (Lipinski definition) is 2. The Kier molecular flexibility index (Phi) is 4.95. The Morgan fingerprint density at radius 3 is 2.48 bits per heavy atom. The fraction of sp³-hybridized carbons (Fsp3) is 0.0769. The van der Waals surface area contributed by atoms with E-state index in [2.05, 4.69) is 0 Å². The summed E-state index contributed by atoms with van der Waals surface area (Å²) in [5.74, 6) is -1.92. The Morgan fingerprint density at radius 2 is 1.76 bits per heavy atom. The average Bonchev–Trinajstić information content (AvgIpc) is 3.32. The number of fused-ring (bicyclic) bond motifs is 1. The lowest BCUT2D eigenvalue weighted by molar-refractivity contribution is -0.117. The molecule has 0 aliphatic carbocycles. The molecular formula is C26H18ClNO5. The van der Waals surface area contributed by atoms with E-state index in [0.29, 0.717) is 27.2 Å². The third-order valence-corrected chi connectivity index (χ3v) is 5.88. The van der Waals surface area contributed by atoms with Crippen molar-refractivity contribution in [2.24, 2.45) is 0 Å². The Balaban J connectivity index is 1.66. The molecule has 0 radical (unpaired) electrons. The largest absolute Gasteiger partial charge is 0.508 e. The van der Waals surface area contributed by atoms with Crippen molar-refractivity contribution in [1.29, 1.82) is 0 Å². The maximum Gasteiger partial charge on any atom is 0.294 e. The van der Waals surface area contributed by atoms with Crippen LogP contribution in [0.15, 0.2) is 88.5 Å². The van der Waals surface area contributed by atoms with Crippen LogP contribution in [0.25, 0.3) is 11.0 Å². The predicted molar refractivity (Wildman–Crippen MR) is 125 cm³/mol. The Hall–Kier alpha value is -4.03. The van der Waals surface area contributed by atoms with Gasteiger partial charge in [-0.2, -0.15) is 0 Å². The highest BCUT2D eigenvalue weighted by molar-refractivity contribution is 6.31. The molecule has 0 bridgehead atoms. The van der Waals surface area contributed by atoms with Gasteiger partial charge < -0.3 is 14.6 Å². The molecule has 0 saturated heterocycles. The fourth-order valence-corrected chi connectivity index (χ4v) is 4.29. The number of phenols is 1. The molecule has 3 aromatic carbocycles. The third kappa shape index (κ3) is 3.54. The quantitative estimate of drug-likeness (QED) is 0.372. The minimum absolute atomic E-state index is 0.0171. The molecule has 6 nitrogen and oxygen atoms in total. The van der Waals surface area contributed by atoms with Gasteiger partial charge in [0.1, 0.15) is 11.3 Å².